The number of hydrogen-bond acceptors (Lipinski definition) is 1. The zero-order valence-corrected chi connectivity index (χ0v) is 7.80. The zero-order valence-electron chi connectivity index (χ0n) is 7.80. The lowest BCUT2D eigenvalue weighted by Crippen LogP contribution is -2.60. The van der Waals surface area contributed by atoms with E-state index in [2.05, 4.69) is 4.74 Å². The molecule has 0 amide bonds. The van der Waals surface area contributed by atoms with Crippen LogP contribution in [0.1, 0.15) is 6.42 Å². The summed E-state index contributed by atoms with van der Waals surface area (Å²) in [6.07, 6.45) is -23.3. The van der Waals surface area contributed by atoms with Crippen molar-refractivity contribution in [2.24, 2.45) is 5.41 Å². The first-order valence-electron chi connectivity index (χ1n) is 4.15. The number of ether oxygens (including phenoxy) is 1. The molecule has 0 aromatic rings. The number of alkyl halides is 9. The van der Waals surface area contributed by atoms with Gasteiger partial charge in [-0.3, -0.25) is 0 Å². The van der Waals surface area contributed by atoms with Gasteiger partial charge in [0.05, 0.1) is 12.7 Å². The Morgan fingerprint density at radius 2 is 1.06 bits per heavy atom. The Hall–Kier alpha value is -0.670. The highest BCUT2D eigenvalue weighted by Crippen LogP contribution is 2.62. The van der Waals surface area contributed by atoms with Crippen LogP contribution in [0.15, 0.2) is 0 Å². The Balaban J connectivity index is 3.29. The highest BCUT2D eigenvalue weighted by Gasteiger charge is 2.83. The summed E-state index contributed by atoms with van der Waals surface area (Å²) in [7, 11) is 0. The van der Waals surface area contributed by atoms with E-state index in [4.69, 9.17) is 0 Å². The highest BCUT2D eigenvalue weighted by atomic mass is 19.4. The molecule has 1 fully saturated rings. The fraction of sp³-hybridized carbons (Fsp3) is 1.00. The van der Waals surface area contributed by atoms with E-state index in [1.54, 1.807) is 0 Å². The van der Waals surface area contributed by atoms with E-state index in [0.29, 0.717) is 0 Å². The maximum atomic E-state index is 12.3. The van der Waals surface area contributed by atoms with Crippen LogP contribution in [0.25, 0.3) is 0 Å². The van der Waals surface area contributed by atoms with Crippen LogP contribution in [-0.4, -0.2) is 31.2 Å². The topological polar surface area (TPSA) is 12.5 Å². The minimum atomic E-state index is -6.48. The molecule has 1 rings (SSSR count). The lowest BCUT2D eigenvalue weighted by atomic mass is 9.80. The standard InChI is InChI=1S/C7H5F9O/c8-5(9,10)4(6(11,12)13,7(14,15)16)1-3-2-17-3/h3H,1-2H2/t3-/m0/s1. The molecule has 0 bridgehead atoms. The molecule has 1 saturated heterocycles. The molecule has 102 valence electrons. The molecule has 1 atom stereocenters. The number of rotatable bonds is 2. The summed E-state index contributed by atoms with van der Waals surface area (Å²) in [5, 5.41) is 0. The Labute approximate surface area is 88.5 Å². The van der Waals surface area contributed by atoms with E-state index in [9.17, 15) is 39.5 Å². The molecule has 0 spiro atoms. The van der Waals surface area contributed by atoms with Crippen molar-refractivity contribution in [3.8, 4) is 0 Å². The van der Waals surface area contributed by atoms with Gasteiger partial charge < -0.3 is 4.74 Å². The summed E-state index contributed by atoms with van der Waals surface area (Å²) in [5.74, 6) is 0. The third-order valence-electron chi connectivity index (χ3n) is 2.39. The van der Waals surface area contributed by atoms with E-state index < -0.39 is 43.1 Å². The van der Waals surface area contributed by atoms with Crippen LogP contribution in [0.3, 0.4) is 0 Å². The summed E-state index contributed by atoms with van der Waals surface area (Å²) in [4.78, 5) is 0. The van der Waals surface area contributed by atoms with E-state index >= 15 is 0 Å². The molecule has 0 radical (unpaired) electrons. The average molecular weight is 276 g/mol. The van der Waals surface area contributed by atoms with Gasteiger partial charge in [0.1, 0.15) is 0 Å². The quantitative estimate of drug-likeness (QED) is 0.556. The van der Waals surface area contributed by atoms with Gasteiger partial charge in [0.25, 0.3) is 5.41 Å². The summed E-state index contributed by atoms with van der Waals surface area (Å²) in [5.41, 5.74) is -5.73. The average Bonchev–Trinajstić information content (AvgIpc) is 2.74. The van der Waals surface area contributed by atoms with Crippen molar-refractivity contribution in [3.05, 3.63) is 0 Å². The Morgan fingerprint density at radius 3 is 1.24 bits per heavy atom. The Kier molecular flexibility index (Phi) is 3.10. The van der Waals surface area contributed by atoms with Crippen LogP contribution < -0.4 is 0 Å². The maximum absolute atomic E-state index is 12.3. The summed E-state index contributed by atoms with van der Waals surface area (Å²) < 4.78 is 114. The van der Waals surface area contributed by atoms with Crippen LogP contribution in [-0.2, 0) is 4.74 Å². The monoisotopic (exact) mass is 276 g/mol. The van der Waals surface area contributed by atoms with Gasteiger partial charge in [-0.2, -0.15) is 39.5 Å². The predicted molar refractivity (Wildman–Crippen MR) is 35.0 cm³/mol. The van der Waals surface area contributed by atoms with Crippen LogP contribution in [0.5, 0.6) is 0 Å². The Bertz CT molecular complexity index is 245. The van der Waals surface area contributed by atoms with Crippen LogP contribution in [0.4, 0.5) is 39.5 Å². The molecule has 1 aliphatic heterocycles. The smallest absolute Gasteiger partial charge is 0.373 e. The Morgan fingerprint density at radius 1 is 0.765 bits per heavy atom. The maximum Gasteiger partial charge on any atom is 0.412 e. The first-order chi connectivity index (χ1) is 7.33. The summed E-state index contributed by atoms with van der Waals surface area (Å²) >= 11 is 0. The van der Waals surface area contributed by atoms with Crippen molar-refractivity contribution >= 4 is 0 Å². The first-order valence-corrected chi connectivity index (χ1v) is 4.15. The van der Waals surface area contributed by atoms with Crippen molar-refractivity contribution in [3.63, 3.8) is 0 Å². The molecule has 0 N–H and O–H groups in total. The lowest BCUT2D eigenvalue weighted by Gasteiger charge is -2.38. The largest absolute Gasteiger partial charge is 0.412 e. The van der Waals surface area contributed by atoms with Crippen molar-refractivity contribution in [2.45, 2.75) is 31.1 Å². The summed E-state index contributed by atoms with van der Waals surface area (Å²) in [6, 6.07) is 0. The highest BCUT2D eigenvalue weighted by molar-refractivity contribution is 5.02. The van der Waals surface area contributed by atoms with Crippen molar-refractivity contribution in [1.29, 1.82) is 0 Å². The molecule has 17 heavy (non-hydrogen) atoms. The SMILES string of the molecule is FC(F)(F)C(C[C@H]1CO1)(C(F)(F)F)C(F)(F)F. The van der Waals surface area contributed by atoms with Crippen LogP contribution in [0, 0.1) is 5.41 Å². The predicted octanol–water partition coefficient (Wildman–Crippen LogP) is 3.45. The normalized spacial score (nSPS) is 22.8. The molecular formula is C7H5F9O. The molecule has 0 saturated carbocycles. The van der Waals surface area contributed by atoms with E-state index in [1.807, 2.05) is 0 Å². The third kappa shape index (κ3) is 2.31. The van der Waals surface area contributed by atoms with E-state index in [1.165, 1.54) is 0 Å². The molecule has 0 aromatic carbocycles. The molecule has 1 aliphatic rings. The second-order valence-electron chi connectivity index (χ2n) is 3.56. The zero-order chi connectivity index (χ0) is 13.7. The molecule has 0 unspecified atom stereocenters. The molecule has 10 heteroatoms. The first kappa shape index (κ1) is 14.4. The molecule has 1 heterocycles. The van der Waals surface area contributed by atoms with Gasteiger partial charge in [-0.15, -0.1) is 0 Å². The molecule has 0 aromatic heterocycles. The lowest BCUT2D eigenvalue weighted by molar-refractivity contribution is -0.429. The second-order valence-corrected chi connectivity index (χ2v) is 3.56. The van der Waals surface area contributed by atoms with Gasteiger partial charge >= 0.3 is 18.5 Å². The van der Waals surface area contributed by atoms with Gasteiger partial charge in [-0.05, 0) is 0 Å². The van der Waals surface area contributed by atoms with Crippen molar-refractivity contribution < 1.29 is 44.3 Å². The second kappa shape index (κ2) is 3.66. The van der Waals surface area contributed by atoms with Gasteiger partial charge in [-0.1, -0.05) is 0 Å². The third-order valence-corrected chi connectivity index (χ3v) is 2.39. The fourth-order valence-electron chi connectivity index (χ4n) is 1.36. The van der Waals surface area contributed by atoms with Gasteiger partial charge in [-0.25, -0.2) is 0 Å². The minimum absolute atomic E-state index is 0.538. The van der Waals surface area contributed by atoms with Crippen LogP contribution >= 0.6 is 0 Å². The number of halogens is 9. The summed E-state index contributed by atoms with van der Waals surface area (Å²) in [6.45, 7) is -0.538. The van der Waals surface area contributed by atoms with Crippen molar-refractivity contribution in [2.75, 3.05) is 6.61 Å². The van der Waals surface area contributed by atoms with E-state index in [-0.39, 0.29) is 0 Å². The number of hydrogen-bond donors (Lipinski definition) is 0. The molecular weight excluding hydrogens is 271 g/mol. The van der Waals surface area contributed by atoms with Gasteiger partial charge in [0.2, 0.25) is 0 Å². The molecule has 1 nitrogen and oxygen atoms in total. The van der Waals surface area contributed by atoms with Crippen LogP contribution in [0.2, 0.25) is 0 Å². The van der Waals surface area contributed by atoms with Crippen molar-refractivity contribution in [1.82, 2.24) is 0 Å². The van der Waals surface area contributed by atoms with E-state index in [0.717, 1.165) is 0 Å². The minimum Gasteiger partial charge on any atom is -0.373 e. The van der Waals surface area contributed by atoms with Gasteiger partial charge in [0, 0.05) is 6.42 Å². The molecule has 0 aliphatic carbocycles. The number of epoxide rings is 1. The van der Waals surface area contributed by atoms with Gasteiger partial charge in [0.15, 0.2) is 0 Å². The fourth-order valence-corrected chi connectivity index (χ4v) is 1.36.